The summed E-state index contributed by atoms with van der Waals surface area (Å²) in [6.07, 6.45) is 1.81. The van der Waals surface area contributed by atoms with Crippen LogP contribution in [0.5, 0.6) is 0 Å². The van der Waals surface area contributed by atoms with Gasteiger partial charge in [0.1, 0.15) is 10.6 Å². The van der Waals surface area contributed by atoms with E-state index in [1.807, 2.05) is 42.3 Å². The van der Waals surface area contributed by atoms with E-state index in [-0.39, 0.29) is 5.91 Å². The average Bonchev–Trinajstić information content (AvgIpc) is 3.23. The van der Waals surface area contributed by atoms with E-state index in [2.05, 4.69) is 33.5 Å². The zero-order valence-corrected chi connectivity index (χ0v) is 16.9. The largest absolute Gasteiger partial charge is 0.353 e. The van der Waals surface area contributed by atoms with Crippen molar-refractivity contribution in [3.63, 3.8) is 0 Å². The molecule has 1 fully saturated rings. The fraction of sp³-hybridized carbons (Fsp3) is 0.450. The Bertz CT molecular complexity index is 938. The molecule has 0 bridgehead atoms. The molecule has 6 nitrogen and oxygen atoms in total. The highest BCUT2D eigenvalue weighted by atomic mass is 32.1. The van der Waals surface area contributed by atoms with E-state index in [0.717, 1.165) is 59.3 Å². The molecule has 0 unspecified atom stereocenters. The number of anilines is 1. The number of hydrogen-bond acceptors (Lipinski definition) is 5. The molecule has 1 saturated heterocycles. The number of aromatic nitrogens is 3. The summed E-state index contributed by atoms with van der Waals surface area (Å²) in [6, 6.07) is 7.96. The molecule has 1 amide bonds. The Kier molecular flexibility index (Phi) is 4.86. The van der Waals surface area contributed by atoms with Gasteiger partial charge in [-0.1, -0.05) is 19.9 Å². The lowest BCUT2D eigenvalue weighted by Gasteiger charge is -2.35. The highest BCUT2D eigenvalue weighted by molar-refractivity contribution is 7.20. The van der Waals surface area contributed by atoms with Gasteiger partial charge in [0.05, 0.1) is 10.6 Å². The molecule has 7 heteroatoms. The van der Waals surface area contributed by atoms with E-state index in [0.29, 0.717) is 5.92 Å². The zero-order chi connectivity index (χ0) is 19.0. The van der Waals surface area contributed by atoms with E-state index in [4.69, 9.17) is 0 Å². The van der Waals surface area contributed by atoms with Crippen LogP contribution in [-0.4, -0.2) is 51.8 Å². The number of carbonyl (C=O) groups excluding carboxylic acids is 1. The van der Waals surface area contributed by atoms with Gasteiger partial charge < -0.3 is 9.80 Å². The number of nitrogens with zero attached hydrogens (tertiary/aromatic N) is 5. The van der Waals surface area contributed by atoms with Crippen molar-refractivity contribution in [3.8, 4) is 0 Å². The van der Waals surface area contributed by atoms with Crippen molar-refractivity contribution in [1.82, 2.24) is 19.7 Å². The van der Waals surface area contributed by atoms with Crippen LogP contribution in [0.1, 0.15) is 29.2 Å². The van der Waals surface area contributed by atoms with Gasteiger partial charge in [0.25, 0.3) is 5.91 Å². The number of piperazine rings is 1. The lowest BCUT2D eigenvalue weighted by molar-refractivity contribution is 0.0751. The lowest BCUT2D eigenvalue weighted by atomic mass is 10.2. The summed E-state index contributed by atoms with van der Waals surface area (Å²) < 4.78 is 2.05. The van der Waals surface area contributed by atoms with Crippen LogP contribution >= 0.6 is 11.3 Å². The summed E-state index contributed by atoms with van der Waals surface area (Å²) in [4.78, 5) is 23.6. The summed E-state index contributed by atoms with van der Waals surface area (Å²) >= 11 is 1.57. The van der Waals surface area contributed by atoms with Crippen molar-refractivity contribution in [2.24, 2.45) is 5.92 Å². The molecule has 4 heterocycles. The number of rotatable bonds is 4. The van der Waals surface area contributed by atoms with Crippen molar-refractivity contribution in [3.05, 3.63) is 41.0 Å². The Hall–Kier alpha value is -2.41. The van der Waals surface area contributed by atoms with Crippen LogP contribution in [0.4, 0.5) is 5.82 Å². The molecular formula is C20H25N5OS. The van der Waals surface area contributed by atoms with Gasteiger partial charge in [-0.25, -0.2) is 4.98 Å². The first-order valence-electron chi connectivity index (χ1n) is 9.45. The number of hydrogen-bond donors (Lipinski definition) is 0. The van der Waals surface area contributed by atoms with Gasteiger partial charge in [-0.05, 0) is 31.0 Å². The van der Waals surface area contributed by atoms with Gasteiger partial charge in [0.2, 0.25) is 0 Å². The van der Waals surface area contributed by atoms with Crippen molar-refractivity contribution < 1.29 is 4.79 Å². The third-order valence-electron chi connectivity index (χ3n) is 4.90. The second-order valence-corrected chi connectivity index (χ2v) is 8.49. The molecule has 4 rings (SSSR count). The van der Waals surface area contributed by atoms with Crippen LogP contribution in [0.2, 0.25) is 0 Å². The zero-order valence-electron chi connectivity index (χ0n) is 16.1. The van der Waals surface area contributed by atoms with Crippen molar-refractivity contribution in [2.45, 2.75) is 27.3 Å². The Morgan fingerprint density at radius 2 is 2.00 bits per heavy atom. The van der Waals surface area contributed by atoms with Crippen molar-refractivity contribution >= 4 is 33.3 Å². The number of amides is 1. The van der Waals surface area contributed by atoms with Crippen LogP contribution in [0.15, 0.2) is 30.5 Å². The number of carbonyl (C=O) groups is 1. The van der Waals surface area contributed by atoms with Gasteiger partial charge in [-0.15, -0.1) is 11.3 Å². The minimum atomic E-state index is 0.132. The van der Waals surface area contributed by atoms with Gasteiger partial charge in [0.15, 0.2) is 0 Å². The van der Waals surface area contributed by atoms with Crippen LogP contribution < -0.4 is 4.90 Å². The molecule has 27 heavy (non-hydrogen) atoms. The molecule has 0 spiro atoms. The smallest absolute Gasteiger partial charge is 0.264 e. The maximum atomic E-state index is 13.0. The van der Waals surface area contributed by atoms with E-state index >= 15 is 0 Å². The summed E-state index contributed by atoms with van der Waals surface area (Å²) in [5.41, 5.74) is 1.00. The van der Waals surface area contributed by atoms with Gasteiger partial charge >= 0.3 is 0 Å². The van der Waals surface area contributed by atoms with Crippen LogP contribution in [-0.2, 0) is 6.54 Å². The first-order chi connectivity index (χ1) is 13.0. The number of fused-ring (bicyclic) bond motifs is 1. The molecule has 0 N–H and O–H groups in total. The maximum Gasteiger partial charge on any atom is 0.264 e. The summed E-state index contributed by atoms with van der Waals surface area (Å²) in [5, 5.41) is 5.74. The average molecular weight is 384 g/mol. The monoisotopic (exact) mass is 383 g/mol. The van der Waals surface area contributed by atoms with Crippen LogP contribution in [0.3, 0.4) is 0 Å². The van der Waals surface area contributed by atoms with Crippen molar-refractivity contribution in [2.75, 3.05) is 31.1 Å². The normalized spacial score (nSPS) is 15.1. The Labute approximate surface area is 163 Å². The second kappa shape index (κ2) is 7.31. The molecule has 1 aliphatic heterocycles. The fourth-order valence-corrected chi connectivity index (χ4v) is 4.66. The molecule has 3 aromatic heterocycles. The topological polar surface area (TPSA) is 54.3 Å². The molecular weight excluding hydrogens is 358 g/mol. The highest BCUT2D eigenvalue weighted by Gasteiger charge is 2.25. The minimum Gasteiger partial charge on any atom is -0.353 e. The highest BCUT2D eigenvalue weighted by Crippen LogP contribution is 2.30. The molecule has 0 aliphatic carbocycles. The second-order valence-electron chi connectivity index (χ2n) is 7.46. The first-order valence-corrected chi connectivity index (χ1v) is 10.3. The molecule has 0 radical (unpaired) electrons. The van der Waals surface area contributed by atoms with E-state index in [1.54, 1.807) is 11.3 Å². The Morgan fingerprint density at radius 3 is 2.67 bits per heavy atom. The predicted octanol–water partition coefficient (Wildman–Crippen LogP) is 3.42. The third kappa shape index (κ3) is 3.56. The SMILES string of the molecule is Cc1nn(CC(C)C)c2sc(C(=O)N3CCN(c4ccccn4)CC3)cc12. The van der Waals surface area contributed by atoms with E-state index in [1.165, 1.54) is 0 Å². The molecule has 0 aromatic carbocycles. The van der Waals surface area contributed by atoms with Gasteiger partial charge in [0, 0.05) is 44.3 Å². The van der Waals surface area contributed by atoms with Crippen LogP contribution in [0, 0.1) is 12.8 Å². The predicted molar refractivity (Wildman–Crippen MR) is 110 cm³/mol. The summed E-state index contributed by atoms with van der Waals surface area (Å²) in [5.74, 6) is 1.64. The number of aryl methyl sites for hydroxylation is 1. The molecule has 0 atom stereocenters. The Balaban J connectivity index is 1.49. The van der Waals surface area contributed by atoms with Gasteiger partial charge in [-0.3, -0.25) is 9.48 Å². The van der Waals surface area contributed by atoms with Gasteiger partial charge in [-0.2, -0.15) is 5.10 Å². The molecule has 142 valence electrons. The lowest BCUT2D eigenvalue weighted by Crippen LogP contribution is -2.48. The standard InChI is InChI=1S/C20H25N5OS/c1-14(2)13-25-20-16(15(3)22-25)12-17(27-20)19(26)24-10-8-23(9-11-24)18-6-4-5-7-21-18/h4-7,12,14H,8-11,13H2,1-3H3. The summed E-state index contributed by atoms with van der Waals surface area (Å²) in [6.45, 7) is 10.3. The number of thiophene rings is 1. The number of pyridine rings is 1. The minimum absolute atomic E-state index is 0.132. The third-order valence-corrected chi connectivity index (χ3v) is 6.03. The van der Waals surface area contributed by atoms with E-state index in [9.17, 15) is 4.79 Å². The fourth-order valence-electron chi connectivity index (χ4n) is 3.52. The molecule has 3 aromatic rings. The maximum absolute atomic E-state index is 13.0. The molecule has 0 saturated carbocycles. The van der Waals surface area contributed by atoms with E-state index < -0.39 is 0 Å². The first kappa shape index (κ1) is 18.0. The Morgan fingerprint density at radius 1 is 1.22 bits per heavy atom. The van der Waals surface area contributed by atoms with Crippen LogP contribution in [0.25, 0.3) is 10.2 Å². The van der Waals surface area contributed by atoms with Crippen molar-refractivity contribution in [1.29, 1.82) is 0 Å². The quantitative estimate of drug-likeness (QED) is 0.693. The summed E-state index contributed by atoms with van der Waals surface area (Å²) in [7, 11) is 0. The molecule has 1 aliphatic rings.